The molecule has 7 nitrogen and oxygen atoms in total. The second-order valence-electron chi connectivity index (χ2n) is 9.25. The van der Waals surface area contributed by atoms with E-state index in [1.165, 1.54) is 17.0 Å². The molecule has 0 spiro atoms. The number of benzene rings is 3. The lowest BCUT2D eigenvalue weighted by Crippen LogP contribution is -2.51. The zero-order valence-corrected chi connectivity index (χ0v) is 24.6. The van der Waals surface area contributed by atoms with Gasteiger partial charge in [-0.2, -0.15) is 0 Å². The van der Waals surface area contributed by atoms with Gasteiger partial charge >= 0.3 is 0 Å². The lowest BCUT2D eigenvalue weighted by Gasteiger charge is -2.32. The van der Waals surface area contributed by atoms with Crippen molar-refractivity contribution < 1.29 is 18.0 Å². The number of amides is 2. The average molecular weight is 591 g/mol. The second-order valence-corrected chi connectivity index (χ2v) is 11.9. The number of carbonyl (C=O) groups is 2. The zero-order valence-electron chi connectivity index (χ0n) is 22.2. The molecular weight excluding hydrogens is 557 g/mol. The predicted octanol–water partition coefficient (Wildman–Crippen LogP) is 5.83. The van der Waals surface area contributed by atoms with Gasteiger partial charge in [-0.05, 0) is 62.2 Å². The normalized spacial score (nSPS) is 12.0. The summed E-state index contributed by atoms with van der Waals surface area (Å²) >= 11 is 12.3. The van der Waals surface area contributed by atoms with E-state index < -0.39 is 28.5 Å². The Labute approximate surface area is 240 Å². The number of carbonyl (C=O) groups excluding carboxylic acids is 2. The Kier molecular flexibility index (Phi) is 10.8. The second kappa shape index (κ2) is 13.8. The number of nitrogens with zero attached hydrogens (tertiary/aromatic N) is 2. The number of para-hydroxylation sites is 1. The largest absolute Gasteiger partial charge is 0.354 e. The van der Waals surface area contributed by atoms with Gasteiger partial charge in [0.1, 0.15) is 12.6 Å². The number of sulfonamides is 1. The Bertz CT molecular complexity index is 1380. The fraction of sp³-hybridized carbons (Fsp3) is 0.310. The van der Waals surface area contributed by atoms with Gasteiger partial charge in [-0.15, -0.1) is 0 Å². The lowest BCUT2D eigenvalue weighted by atomic mass is 10.1. The van der Waals surface area contributed by atoms with Crippen molar-refractivity contribution in [1.29, 1.82) is 0 Å². The molecule has 3 aromatic carbocycles. The Balaban J connectivity index is 1.98. The first-order valence-corrected chi connectivity index (χ1v) is 14.9. The van der Waals surface area contributed by atoms with Crippen molar-refractivity contribution in [1.82, 2.24) is 10.2 Å². The van der Waals surface area contributed by atoms with Crippen molar-refractivity contribution in [3.05, 3.63) is 94.0 Å². The molecule has 0 unspecified atom stereocenters. The summed E-state index contributed by atoms with van der Waals surface area (Å²) in [5.41, 5.74) is 1.89. The van der Waals surface area contributed by atoms with Gasteiger partial charge in [0.15, 0.2) is 0 Å². The molecule has 0 bridgehead atoms. The van der Waals surface area contributed by atoms with Crippen LogP contribution in [0.3, 0.4) is 0 Å². The van der Waals surface area contributed by atoms with Crippen LogP contribution in [0.25, 0.3) is 0 Å². The summed E-state index contributed by atoms with van der Waals surface area (Å²) in [5.74, 6) is -0.872. The van der Waals surface area contributed by atoms with Gasteiger partial charge in [-0.1, -0.05) is 78.5 Å². The minimum atomic E-state index is -4.10. The fourth-order valence-corrected chi connectivity index (χ4v) is 5.65. The minimum Gasteiger partial charge on any atom is -0.354 e. The molecule has 10 heteroatoms. The van der Waals surface area contributed by atoms with E-state index in [0.717, 1.165) is 22.7 Å². The molecule has 1 N–H and O–H groups in total. The molecule has 3 rings (SSSR count). The van der Waals surface area contributed by atoms with Crippen LogP contribution in [0, 0.1) is 6.92 Å². The summed E-state index contributed by atoms with van der Waals surface area (Å²) in [4.78, 5) is 28.3. The smallest absolute Gasteiger partial charge is 0.264 e. The first kappa shape index (κ1) is 30.5. The average Bonchev–Trinajstić information content (AvgIpc) is 2.92. The summed E-state index contributed by atoms with van der Waals surface area (Å²) < 4.78 is 28.6. The first-order valence-electron chi connectivity index (χ1n) is 12.7. The van der Waals surface area contributed by atoms with E-state index in [0.29, 0.717) is 27.8 Å². The topological polar surface area (TPSA) is 86.8 Å². The summed E-state index contributed by atoms with van der Waals surface area (Å²) in [6, 6.07) is 19.0. The van der Waals surface area contributed by atoms with Crippen molar-refractivity contribution in [2.24, 2.45) is 0 Å². The molecule has 0 radical (unpaired) electrons. The molecule has 0 aromatic heterocycles. The van der Waals surface area contributed by atoms with Crippen LogP contribution in [-0.2, 0) is 26.2 Å². The number of anilines is 1. The molecule has 39 heavy (non-hydrogen) atoms. The molecule has 2 amide bonds. The summed E-state index contributed by atoms with van der Waals surface area (Å²) in [7, 11) is -4.10. The maximum atomic E-state index is 13.9. The molecule has 0 saturated carbocycles. The third-order valence-corrected chi connectivity index (χ3v) is 8.79. The Morgan fingerprint density at radius 3 is 2.23 bits per heavy atom. The van der Waals surface area contributed by atoms with E-state index in [-0.39, 0.29) is 17.3 Å². The maximum Gasteiger partial charge on any atom is 0.264 e. The molecular formula is C29H33Cl2N3O4S. The number of aryl methyl sites for hydroxylation is 1. The number of hydrogen-bond donors (Lipinski definition) is 1. The lowest BCUT2D eigenvalue weighted by molar-refractivity contribution is -0.139. The maximum absolute atomic E-state index is 13.9. The van der Waals surface area contributed by atoms with Crippen LogP contribution in [0.4, 0.5) is 5.69 Å². The third kappa shape index (κ3) is 7.97. The molecule has 0 heterocycles. The van der Waals surface area contributed by atoms with E-state index in [1.54, 1.807) is 67.6 Å². The van der Waals surface area contributed by atoms with Crippen LogP contribution in [-0.4, -0.2) is 44.3 Å². The highest BCUT2D eigenvalue weighted by molar-refractivity contribution is 7.92. The van der Waals surface area contributed by atoms with E-state index in [1.807, 2.05) is 13.8 Å². The number of rotatable bonds is 12. The highest BCUT2D eigenvalue weighted by atomic mass is 35.5. The quantitative estimate of drug-likeness (QED) is 0.269. The highest BCUT2D eigenvalue weighted by Crippen LogP contribution is 2.26. The van der Waals surface area contributed by atoms with Gasteiger partial charge in [-0.25, -0.2) is 8.42 Å². The fourth-order valence-electron chi connectivity index (χ4n) is 3.91. The molecule has 208 valence electrons. The Hall–Kier alpha value is -3.07. The van der Waals surface area contributed by atoms with Crippen molar-refractivity contribution in [3.63, 3.8) is 0 Å². The monoisotopic (exact) mass is 589 g/mol. The molecule has 0 saturated heterocycles. The van der Waals surface area contributed by atoms with Crippen LogP contribution in [0.2, 0.25) is 10.0 Å². The van der Waals surface area contributed by atoms with Crippen molar-refractivity contribution in [2.45, 2.75) is 51.1 Å². The van der Waals surface area contributed by atoms with Gasteiger partial charge in [0.25, 0.3) is 10.0 Å². The van der Waals surface area contributed by atoms with Crippen LogP contribution in [0.5, 0.6) is 0 Å². The minimum absolute atomic E-state index is 0.0330. The number of unbranched alkanes of at least 4 members (excludes halogenated alkanes) is 1. The Morgan fingerprint density at radius 2 is 1.62 bits per heavy atom. The van der Waals surface area contributed by atoms with Crippen LogP contribution in [0.1, 0.15) is 37.8 Å². The van der Waals surface area contributed by atoms with Gasteiger partial charge in [-0.3, -0.25) is 13.9 Å². The zero-order chi connectivity index (χ0) is 28.6. The van der Waals surface area contributed by atoms with Gasteiger partial charge in [0, 0.05) is 13.1 Å². The molecule has 1 atom stereocenters. The van der Waals surface area contributed by atoms with Crippen molar-refractivity contribution in [2.75, 3.05) is 17.4 Å². The number of hydrogen-bond acceptors (Lipinski definition) is 4. The molecule has 0 fully saturated rings. The molecule has 0 aliphatic rings. The van der Waals surface area contributed by atoms with E-state index in [9.17, 15) is 18.0 Å². The highest BCUT2D eigenvalue weighted by Gasteiger charge is 2.32. The number of nitrogens with one attached hydrogen (secondary N) is 1. The summed E-state index contributed by atoms with van der Waals surface area (Å²) in [6.07, 6.45) is 1.71. The summed E-state index contributed by atoms with van der Waals surface area (Å²) in [6.45, 7) is 5.51. The number of halogens is 2. The molecule has 0 aliphatic carbocycles. The molecule has 3 aromatic rings. The van der Waals surface area contributed by atoms with Crippen molar-refractivity contribution >= 4 is 50.7 Å². The van der Waals surface area contributed by atoms with Gasteiger partial charge in [0.2, 0.25) is 11.8 Å². The SMILES string of the molecule is CCCCNC(=O)[C@@H](C)N(Cc1ccc(Cl)c(Cl)c1)C(=O)CN(c1ccccc1)S(=O)(=O)c1ccc(C)cc1. The first-order chi connectivity index (χ1) is 18.5. The van der Waals surface area contributed by atoms with Gasteiger partial charge < -0.3 is 10.2 Å². The third-order valence-electron chi connectivity index (χ3n) is 6.27. The Morgan fingerprint density at radius 1 is 0.949 bits per heavy atom. The predicted molar refractivity (Wildman–Crippen MR) is 157 cm³/mol. The van der Waals surface area contributed by atoms with Crippen LogP contribution in [0.15, 0.2) is 77.7 Å². The van der Waals surface area contributed by atoms with Crippen molar-refractivity contribution in [3.8, 4) is 0 Å². The van der Waals surface area contributed by atoms with E-state index >= 15 is 0 Å². The van der Waals surface area contributed by atoms with E-state index in [2.05, 4.69) is 5.32 Å². The van der Waals surface area contributed by atoms with Crippen LogP contribution < -0.4 is 9.62 Å². The van der Waals surface area contributed by atoms with Crippen LogP contribution >= 0.6 is 23.2 Å². The standard InChI is InChI=1S/C29H33Cl2N3O4S/c1-4-5-17-32-29(36)22(3)33(19-23-13-16-26(30)27(31)18-23)28(35)20-34(24-9-7-6-8-10-24)39(37,38)25-14-11-21(2)12-15-25/h6-16,18,22H,4-5,17,19-20H2,1-3H3,(H,32,36)/t22-/m1/s1. The van der Waals surface area contributed by atoms with Gasteiger partial charge in [0.05, 0.1) is 20.6 Å². The summed E-state index contributed by atoms with van der Waals surface area (Å²) in [5, 5.41) is 3.54. The van der Waals surface area contributed by atoms with E-state index in [4.69, 9.17) is 23.2 Å². The molecule has 0 aliphatic heterocycles.